The van der Waals surface area contributed by atoms with Crippen LogP contribution in [0.3, 0.4) is 0 Å². The Bertz CT molecular complexity index is 439. The van der Waals surface area contributed by atoms with Crippen LogP contribution >= 0.6 is 15.9 Å². The molecule has 0 aliphatic carbocycles. The first kappa shape index (κ1) is 14.6. The molecular formula is C14H21BrN2O2. The van der Waals surface area contributed by atoms with Crippen molar-refractivity contribution in [2.75, 3.05) is 19.7 Å². The summed E-state index contributed by atoms with van der Waals surface area (Å²) in [5, 5.41) is 0. The van der Waals surface area contributed by atoms with Crippen molar-refractivity contribution in [3.05, 3.63) is 22.4 Å². The number of halogens is 1. The van der Waals surface area contributed by atoms with Gasteiger partial charge in [-0.25, -0.2) is 0 Å². The molecule has 1 saturated heterocycles. The van der Waals surface area contributed by atoms with Crippen molar-refractivity contribution in [2.24, 2.45) is 0 Å². The van der Waals surface area contributed by atoms with Gasteiger partial charge in [0.1, 0.15) is 5.69 Å². The molecule has 0 N–H and O–H groups in total. The van der Waals surface area contributed by atoms with Gasteiger partial charge in [-0.2, -0.15) is 0 Å². The van der Waals surface area contributed by atoms with Gasteiger partial charge < -0.3 is 14.2 Å². The molecular weight excluding hydrogens is 308 g/mol. The Balaban J connectivity index is 2.10. The monoisotopic (exact) mass is 328 g/mol. The molecule has 1 fully saturated rings. The van der Waals surface area contributed by atoms with Crippen LogP contribution in [0.4, 0.5) is 0 Å². The summed E-state index contributed by atoms with van der Waals surface area (Å²) in [4.78, 5) is 14.5. The minimum absolute atomic E-state index is 0.0885. The Hall–Kier alpha value is -0.810. The molecule has 1 unspecified atom stereocenters. The van der Waals surface area contributed by atoms with Gasteiger partial charge in [0.15, 0.2) is 0 Å². The summed E-state index contributed by atoms with van der Waals surface area (Å²) in [7, 11) is 0. The standard InChI is InChI=1S/C14H21BrN2O2/c1-3-16-9-11(15)8-13(16)14(18)17(4-2)10-12-6-5-7-19-12/h8-9,12H,3-7,10H2,1-2H3. The molecule has 1 aliphatic rings. The number of aromatic nitrogens is 1. The van der Waals surface area contributed by atoms with Crippen LogP contribution in [0.25, 0.3) is 0 Å². The molecule has 1 atom stereocenters. The van der Waals surface area contributed by atoms with Gasteiger partial charge in [0, 0.05) is 36.9 Å². The lowest BCUT2D eigenvalue weighted by molar-refractivity contribution is 0.0531. The zero-order valence-electron chi connectivity index (χ0n) is 11.6. The van der Waals surface area contributed by atoms with Crippen molar-refractivity contribution < 1.29 is 9.53 Å². The SMILES string of the molecule is CCN(CC1CCCO1)C(=O)c1cc(Br)cn1CC. The molecule has 0 spiro atoms. The van der Waals surface area contributed by atoms with Gasteiger partial charge in [-0.05, 0) is 48.7 Å². The lowest BCUT2D eigenvalue weighted by Gasteiger charge is -2.24. The maximum Gasteiger partial charge on any atom is 0.270 e. The zero-order valence-corrected chi connectivity index (χ0v) is 13.1. The molecule has 0 saturated carbocycles. The molecule has 0 radical (unpaired) electrons. The smallest absolute Gasteiger partial charge is 0.270 e. The van der Waals surface area contributed by atoms with Crippen molar-refractivity contribution in [3.8, 4) is 0 Å². The highest BCUT2D eigenvalue weighted by Crippen LogP contribution is 2.19. The van der Waals surface area contributed by atoms with Gasteiger partial charge in [0.25, 0.3) is 5.91 Å². The highest BCUT2D eigenvalue weighted by Gasteiger charge is 2.24. The van der Waals surface area contributed by atoms with Crippen molar-refractivity contribution in [1.29, 1.82) is 0 Å². The first-order valence-corrected chi connectivity index (χ1v) is 7.71. The molecule has 2 rings (SSSR count). The lowest BCUT2D eigenvalue weighted by Crippen LogP contribution is -2.38. The number of aryl methyl sites for hydroxylation is 1. The third-order valence-electron chi connectivity index (χ3n) is 3.54. The Morgan fingerprint density at radius 2 is 2.37 bits per heavy atom. The summed E-state index contributed by atoms with van der Waals surface area (Å²) >= 11 is 3.44. The van der Waals surface area contributed by atoms with Crippen LogP contribution in [-0.4, -0.2) is 41.2 Å². The maximum atomic E-state index is 12.6. The second-order valence-electron chi connectivity index (χ2n) is 4.81. The molecule has 1 aromatic heterocycles. The number of amides is 1. The predicted molar refractivity (Wildman–Crippen MR) is 78.4 cm³/mol. The maximum absolute atomic E-state index is 12.6. The van der Waals surface area contributed by atoms with Crippen molar-refractivity contribution in [2.45, 2.75) is 39.3 Å². The van der Waals surface area contributed by atoms with Gasteiger partial charge in [-0.15, -0.1) is 0 Å². The summed E-state index contributed by atoms with van der Waals surface area (Å²) in [5.74, 6) is 0.0885. The van der Waals surface area contributed by atoms with E-state index in [-0.39, 0.29) is 12.0 Å². The first-order valence-electron chi connectivity index (χ1n) is 6.92. The fourth-order valence-electron chi connectivity index (χ4n) is 2.47. The fourth-order valence-corrected chi connectivity index (χ4v) is 2.93. The van der Waals surface area contributed by atoms with E-state index in [1.807, 2.05) is 35.6 Å². The first-order chi connectivity index (χ1) is 9.15. The minimum Gasteiger partial charge on any atom is -0.376 e. The van der Waals surface area contributed by atoms with Crippen LogP contribution in [-0.2, 0) is 11.3 Å². The van der Waals surface area contributed by atoms with E-state index in [0.717, 1.165) is 36.2 Å². The third-order valence-corrected chi connectivity index (χ3v) is 3.97. The molecule has 4 nitrogen and oxygen atoms in total. The largest absolute Gasteiger partial charge is 0.376 e. The second-order valence-corrected chi connectivity index (χ2v) is 5.72. The number of ether oxygens (including phenoxy) is 1. The molecule has 1 amide bonds. The second kappa shape index (κ2) is 6.57. The predicted octanol–water partition coefficient (Wildman–Crippen LogP) is 2.91. The fraction of sp³-hybridized carbons (Fsp3) is 0.643. The normalized spacial score (nSPS) is 18.8. The van der Waals surface area contributed by atoms with Crippen LogP contribution < -0.4 is 0 Å². The number of carbonyl (C=O) groups excluding carboxylic acids is 1. The Morgan fingerprint density at radius 3 is 2.95 bits per heavy atom. The van der Waals surface area contributed by atoms with Gasteiger partial charge in [-0.1, -0.05) is 0 Å². The van der Waals surface area contributed by atoms with E-state index < -0.39 is 0 Å². The van der Waals surface area contributed by atoms with Crippen LogP contribution in [0.5, 0.6) is 0 Å². The molecule has 0 aromatic carbocycles. The lowest BCUT2D eigenvalue weighted by atomic mass is 10.2. The molecule has 1 aromatic rings. The van der Waals surface area contributed by atoms with Crippen molar-refractivity contribution >= 4 is 21.8 Å². The third kappa shape index (κ3) is 3.39. The molecule has 19 heavy (non-hydrogen) atoms. The molecule has 0 bridgehead atoms. The average Bonchev–Trinajstić information content (AvgIpc) is 3.04. The van der Waals surface area contributed by atoms with Gasteiger partial charge >= 0.3 is 0 Å². The molecule has 1 aliphatic heterocycles. The number of hydrogen-bond donors (Lipinski definition) is 0. The Kier molecular flexibility index (Phi) is 5.05. The Labute approximate surface area is 122 Å². The summed E-state index contributed by atoms with van der Waals surface area (Å²) < 4.78 is 8.55. The van der Waals surface area contributed by atoms with Gasteiger partial charge in [0.2, 0.25) is 0 Å². The Morgan fingerprint density at radius 1 is 1.58 bits per heavy atom. The number of likely N-dealkylation sites (N-methyl/N-ethyl adjacent to an activating group) is 1. The molecule has 2 heterocycles. The van der Waals surface area contributed by atoms with Crippen molar-refractivity contribution in [3.63, 3.8) is 0 Å². The summed E-state index contributed by atoms with van der Waals surface area (Å²) in [5.41, 5.74) is 0.745. The van der Waals surface area contributed by atoms with E-state index in [1.165, 1.54) is 0 Å². The highest BCUT2D eigenvalue weighted by molar-refractivity contribution is 9.10. The summed E-state index contributed by atoms with van der Waals surface area (Å²) in [6, 6.07) is 1.89. The van der Waals surface area contributed by atoms with E-state index in [4.69, 9.17) is 4.74 Å². The van der Waals surface area contributed by atoms with E-state index in [9.17, 15) is 4.79 Å². The van der Waals surface area contributed by atoms with E-state index in [2.05, 4.69) is 15.9 Å². The van der Waals surface area contributed by atoms with Crippen molar-refractivity contribution in [1.82, 2.24) is 9.47 Å². The summed E-state index contributed by atoms with van der Waals surface area (Å²) in [6.45, 7) is 7.09. The quantitative estimate of drug-likeness (QED) is 0.832. The van der Waals surface area contributed by atoms with Gasteiger partial charge in [-0.3, -0.25) is 4.79 Å². The number of carbonyl (C=O) groups is 1. The van der Waals surface area contributed by atoms with Crippen LogP contribution in [0, 0.1) is 0 Å². The van der Waals surface area contributed by atoms with E-state index >= 15 is 0 Å². The highest BCUT2D eigenvalue weighted by atomic mass is 79.9. The van der Waals surface area contributed by atoms with E-state index in [0.29, 0.717) is 13.1 Å². The summed E-state index contributed by atoms with van der Waals surface area (Å²) in [6.07, 6.45) is 4.32. The molecule has 5 heteroatoms. The number of hydrogen-bond acceptors (Lipinski definition) is 2. The molecule has 106 valence electrons. The van der Waals surface area contributed by atoms with Crippen LogP contribution in [0.1, 0.15) is 37.2 Å². The zero-order chi connectivity index (χ0) is 13.8. The van der Waals surface area contributed by atoms with Crippen LogP contribution in [0.15, 0.2) is 16.7 Å². The minimum atomic E-state index is 0.0885. The van der Waals surface area contributed by atoms with Crippen LogP contribution in [0.2, 0.25) is 0 Å². The van der Waals surface area contributed by atoms with Gasteiger partial charge in [0.05, 0.1) is 6.10 Å². The van der Waals surface area contributed by atoms with E-state index in [1.54, 1.807) is 0 Å². The number of nitrogens with zero attached hydrogens (tertiary/aromatic N) is 2. The topological polar surface area (TPSA) is 34.5 Å². The number of rotatable bonds is 5. The average molecular weight is 329 g/mol.